The molecule has 1 aromatic rings. The Morgan fingerprint density at radius 2 is 2.00 bits per heavy atom. The Bertz CT molecular complexity index is 445. The van der Waals surface area contributed by atoms with Crippen LogP contribution in [0.3, 0.4) is 0 Å². The Kier molecular flexibility index (Phi) is 6.02. The molecule has 0 aliphatic rings. The van der Waals surface area contributed by atoms with E-state index in [2.05, 4.69) is 38.2 Å². The summed E-state index contributed by atoms with van der Waals surface area (Å²) in [6.07, 6.45) is 1.08. The maximum atomic E-state index is 11.5. The van der Waals surface area contributed by atoms with Gasteiger partial charge in [-0.05, 0) is 51.6 Å². The zero-order valence-corrected chi connectivity index (χ0v) is 13.2. The lowest BCUT2D eigenvalue weighted by atomic mass is 10.0. The quantitative estimate of drug-likeness (QED) is 0.594. The molecule has 0 fully saturated rings. The zero-order chi connectivity index (χ0) is 15.3. The summed E-state index contributed by atoms with van der Waals surface area (Å²) in [5, 5.41) is 3.51. The van der Waals surface area contributed by atoms with Crippen molar-refractivity contribution < 1.29 is 4.79 Å². The van der Waals surface area contributed by atoms with Crippen molar-refractivity contribution in [3.63, 3.8) is 0 Å². The maximum Gasteiger partial charge on any atom is 0.161 e. The van der Waals surface area contributed by atoms with Crippen LogP contribution in [-0.2, 0) is 0 Å². The van der Waals surface area contributed by atoms with E-state index < -0.39 is 0 Å². The van der Waals surface area contributed by atoms with Crippen molar-refractivity contribution >= 4 is 17.2 Å². The SMILES string of the molecule is CC(=O)c1cc(NC(CC(C)C)CN(C)C)ccc1N. The summed E-state index contributed by atoms with van der Waals surface area (Å²) < 4.78 is 0. The van der Waals surface area contributed by atoms with Gasteiger partial charge in [0.1, 0.15) is 0 Å². The van der Waals surface area contributed by atoms with Crippen molar-refractivity contribution in [2.75, 3.05) is 31.7 Å². The van der Waals surface area contributed by atoms with Gasteiger partial charge in [-0.2, -0.15) is 0 Å². The van der Waals surface area contributed by atoms with Crippen molar-refractivity contribution in [2.24, 2.45) is 5.92 Å². The number of hydrogen-bond donors (Lipinski definition) is 2. The molecule has 3 N–H and O–H groups in total. The summed E-state index contributed by atoms with van der Waals surface area (Å²) in [5.41, 5.74) is 7.91. The molecule has 0 saturated carbocycles. The van der Waals surface area contributed by atoms with Crippen LogP contribution in [0.4, 0.5) is 11.4 Å². The third kappa shape index (κ3) is 5.21. The molecule has 1 unspecified atom stereocenters. The smallest absolute Gasteiger partial charge is 0.161 e. The standard InChI is InChI=1S/C16H27N3O/c1-11(2)8-14(10-19(4)5)18-13-6-7-16(17)15(9-13)12(3)20/h6-7,9,11,14,18H,8,10,17H2,1-5H3. The number of carbonyl (C=O) groups excluding carboxylic acids is 1. The van der Waals surface area contributed by atoms with E-state index in [-0.39, 0.29) is 5.78 Å². The molecule has 1 aromatic carbocycles. The summed E-state index contributed by atoms with van der Waals surface area (Å²) in [6, 6.07) is 5.93. The van der Waals surface area contributed by atoms with Gasteiger partial charge in [0, 0.05) is 29.5 Å². The van der Waals surface area contributed by atoms with Gasteiger partial charge in [-0.25, -0.2) is 0 Å². The van der Waals surface area contributed by atoms with Crippen LogP contribution in [0.1, 0.15) is 37.6 Å². The minimum Gasteiger partial charge on any atom is -0.398 e. The Labute approximate surface area is 122 Å². The van der Waals surface area contributed by atoms with Gasteiger partial charge in [0.2, 0.25) is 0 Å². The number of nitrogens with two attached hydrogens (primary N) is 1. The molecule has 4 heteroatoms. The van der Waals surface area contributed by atoms with E-state index in [1.807, 2.05) is 12.1 Å². The van der Waals surface area contributed by atoms with Gasteiger partial charge in [-0.1, -0.05) is 13.8 Å². The maximum absolute atomic E-state index is 11.5. The molecule has 1 atom stereocenters. The highest BCUT2D eigenvalue weighted by Crippen LogP contribution is 2.20. The zero-order valence-electron chi connectivity index (χ0n) is 13.2. The molecule has 20 heavy (non-hydrogen) atoms. The second-order valence-electron chi connectivity index (χ2n) is 6.09. The van der Waals surface area contributed by atoms with Crippen molar-refractivity contribution in [3.05, 3.63) is 23.8 Å². The summed E-state index contributed by atoms with van der Waals surface area (Å²) in [7, 11) is 4.14. The fourth-order valence-electron chi connectivity index (χ4n) is 2.38. The molecule has 0 aliphatic heterocycles. The monoisotopic (exact) mass is 277 g/mol. The number of hydrogen-bond acceptors (Lipinski definition) is 4. The molecular formula is C16H27N3O. The van der Waals surface area contributed by atoms with E-state index in [1.165, 1.54) is 0 Å². The molecule has 0 aromatic heterocycles. The van der Waals surface area contributed by atoms with E-state index >= 15 is 0 Å². The lowest BCUT2D eigenvalue weighted by Crippen LogP contribution is -2.33. The summed E-state index contributed by atoms with van der Waals surface area (Å²) in [4.78, 5) is 13.7. The number of nitrogens with zero attached hydrogens (tertiary/aromatic N) is 1. The molecule has 0 saturated heterocycles. The van der Waals surface area contributed by atoms with E-state index in [0.717, 1.165) is 18.7 Å². The lowest BCUT2D eigenvalue weighted by molar-refractivity contribution is 0.101. The Morgan fingerprint density at radius 1 is 1.35 bits per heavy atom. The predicted octanol–water partition coefficient (Wildman–Crippen LogP) is 2.86. The second-order valence-corrected chi connectivity index (χ2v) is 6.09. The molecule has 112 valence electrons. The van der Waals surface area contributed by atoms with Crippen LogP contribution in [0.25, 0.3) is 0 Å². The molecule has 0 radical (unpaired) electrons. The average Bonchev–Trinajstić information content (AvgIpc) is 2.29. The van der Waals surface area contributed by atoms with Crippen LogP contribution in [0.2, 0.25) is 0 Å². The second kappa shape index (κ2) is 7.29. The number of anilines is 2. The first-order chi connectivity index (χ1) is 9.29. The number of nitrogens with one attached hydrogen (secondary N) is 1. The van der Waals surface area contributed by atoms with Gasteiger partial charge >= 0.3 is 0 Å². The molecule has 0 amide bonds. The van der Waals surface area contributed by atoms with E-state index in [1.54, 1.807) is 13.0 Å². The van der Waals surface area contributed by atoms with Crippen LogP contribution in [0.15, 0.2) is 18.2 Å². The van der Waals surface area contributed by atoms with Gasteiger partial charge in [0.15, 0.2) is 5.78 Å². The highest BCUT2D eigenvalue weighted by molar-refractivity contribution is 6.00. The van der Waals surface area contributed by atoms with Gasteiger partial charge < -0.3 is 16.0 Å². The number of Topliss-reactive ketones (excluding diaryl/α,β-unsaturated/α-hetero) is 1. The molecular weight excluding hydrogens is 250 g/mol. The number of rotatable bonds is 7. The van der Waals surface area contributed by atoms with Crippen LogP contribution < -0.4 is 11.1 Å². The number of carbonyl (C=O) groups is 1. The number of likely N-dealkylation sites (N-methyl/N-ethyl adjacent to an activating group) is 1. The average molecular weight is 277 g/mol. The normalized spacial score (nSPS) is 12.8. The van der Waals surface area contributed by atoms with Crippen LogP contribution in [0, 0.1) is 5.92 Å². The molecule has 4 nitrogen and oxygen atoms in total. The highest BCUT2D eigenvalue weighted by atomic mass is 16.1. The number of ketones is 1. The van der Waals surface area contributed by atoms with Gasteiger partial charge in [-0.3, -0.25) is 4.79 Å². The molecule has 0 bridgehead atoms. The van der Waals surface area contributed by atoms with Crippen LogP contribution >= 0.6 is 0 Å². The summed E-state index contributed by atoms with van der Waals surface area (Å²) >= 11 is 0. The van der Waals surface area contributed by atoms with Crippen LogP contribution in [-0.4, -0.2) is 37.4 Å². The molecule has 0 aliphatic carbocycles. The summed E-state index contributed by atoms with van der Waals surface area (Å²) in [6.45, 7) is 6.93. The lowest BCUT2D eigenvalue weighted by Gasteiger charge is -2.25. The van der Waals surface area contributed by atoms with Crippen LogP contribution in [0.5, 0.6) is 0 Å². The van der Waals surface area contributed by atoms with E-state index in [9.17, 15) is 4.79 Å². The fraction of sp³-hybridized carbons (Fsp3) is 0.562. The van der Waals surface area contributed by atoms with Crippen molar-refractivity contribution in [1.29, 1.82) is 0 Å². The fourth-order valence-corrected chi connectivity index (χ4v) is 2.38. The van der Waals surface area contributed by atoms with Gasteiger partial charge in [0.25, 0.3) is 0 Å². The molecule has 0 heterocycles. The molecule has 1 rings (SSSR count). The van der Waals surface area contributed by atoms with E-state index in [0.29, 0.717) is 23.2 Å². The largest absolute Gasteiger partial charge is 0.398 e. The first-order valence-electron chi connectivity index (χ1n) is 7.11. The van der Waals surface area contributed by atoms with Gasteiger partial charge in [0.05, 0.1) is 0 Å². The minimum absolute atomic E-state index is 0.000769. The Hall–Kier alpha value is -1.55. The third-order valence-corrected chi connectivity index (χ3v) is 3.14. The van der Waals surface area contributed by atoms with E-state index in [4.69, 9.17) is 5.73 Å². The number of nitrogen functional groups attached to an aromatic ring is 1. The predicted molar refractivity (Wildman–Crippen MR) is 86.3 cm³/mol. The topological polar surface area (TPSA) is 58.4 Å². The Balaban J connectivity index is 2.87. The summed E-state index contributed by atoms with van der Waals surface area (Å²) in [5.74, 6) is 0.618. The number of benzene rings is 1. The third-order valence-electron chi connectivity index (χ3n) is 3.14. The van der Waals surface area contributed by atoms with Crippen molar-refractivity contribution in [1.82, 2.24) is 4.90 Å². The minimum atomic E-state index is -0.000769. The first kappa shape index (κ1) is 16.5. The highest BCUT2D eigenvalue weighted by Gasteiger charge is 2.13. The van der Waals surface area contributed by atoms with Gasteiger partial charge in [-0.15, -0.1) is 0 Å². The Morgan fingerprint density at radius 3 is 2.50 bits per heavy atom. The molecule has 0 spiro atoms. The van der Waals surface area contributed by atoms with Crippen molar-refractivity contribution in [3.8, 4) is 0 Å². The van der Waals surface area contributed by atoms with Crippen molar-refractivity contribution in [2.45, 2.75) is 33.2 Å². The first-order valence-corrected chi connectivity index (χ1v) is 7.11.